The molecular formula is C21H24O3. The molecule has 0 saturated heterocycles. The average molecular weight is 324 g/mol. The zero-order valence-electron chi connectivity index (χ0n) is 14.5. The van der Waals surface area contributed by atoms with Gasteiger partial charge in [-0.3, -0.25) is 4.79 Å². The lowest BCUT2D eigenvalue weighted by atomic mass is 9.78. The Morgan fingerprint density at radius 3 is 2.67 bits per heavy atom. The van der Waals surface area contributed by atoms with Crippen molar-refractivity contribution in [1.29, 1.82) is 0 Å². The summed E-state index contributed by atoms with van der Waals surface area (Å²) in [6.07, 6.45) is 1.02. The smallest absolute Gasteiger partial charge is 0.138 e. The lowest BCUT2D eigenvalue weighted by molar-refractivity contribution is -0.119. The van der Waals surface area contributed by atoms with Gasteiger partial charge in [0.1, 0.15) is 17.3 Å². The second-order valence-corrected chi connectivity index (χ2v) is 6.78. The van der Waals surface area contributed by atoms with Crippen LogP contribution in [0.5, 0.6) is 11.5 Å². The van der Waals surface area contributed by atoms with Gasteiger partial charge < -0.3 is 9.47 Å². The number of Topliss-reactive ketones (excluding diaryl/α,β-unsaturated/α-hetero) is 1. The molecule has 1 aliphatic carbocycles. The van der Waals surface area contributed by atoms with Crippen molar-refractivity contribution in [3.05, 3.63) is 59.2 Å². The number of hydrogen-bond donors (Lipinski definition) is 0. The Morgan fingerprint density at radius 1 is 1.12 bits per heavy atom. The molecule has 1 unspecified atom stereocenters. The number of fused-ring (bicyclic) bond motifs is 1. The number of para-hydroxylation sites is 1. The Labute approximate surface area is 143 Å². The molecule has 0 spiro atoms. The van der Waals surface area contributed by atoms with Crippen LogP contribution in [0.4, 0.5) is 0 Å². The molecular weight excluding hydrogens is 300 g/mol. The number of benzene rings is 2. The average Bonchev–Trinajstić information content (AvgIpc) is 2.59. The molecule has 0 N–H and O–H groups in total. The second kappa shape index (κ2) is 7.08. The zero-order chi connectivity index (χ0) is 17.1. The standard InChI is InChI=1S/C21H24O3/c1-14(2)13-24-21-7-5-4-6-18(21)20-11-16(22)10-15-8-9-17(23-3)12-19(15)20/h4-9,12,14,20H,10-11,13H2,1-3H3. The highest BCUT2D eigenvalue weighted by Gasteiger charge is 2.29. The molecule has 0 saturated carbocycles. The minimum Gasteiger partial charge on any atom is -0.497 e. The summed E-state index contributed by atoms with van der Waals surface area (Å²) < 4.78 is 11.4. The van der Waals surface area contributed by atoms with Gasteiger partial charge in [-0.15, -0.1) is 0 Å². The topological polar surface area (TPSA) is 35.5 Å². The highest BCUT2D eigenvalue weighted by molar-refractivity contribution is 5.85. The predicted octanol–water partition coefficient (Wildman–Crippen LogP) is 4.38. The van der Waals surface area contributed by atoms with Gasteiger partial charge in [0, 0.05) is 24.3 Å². The van der Waals surface area contributed by atoms with E-state index in [4.69, 9.17) is 9.47 Å². The minimum absolute atomic E-state index is 0.0275. The van der Waals surface area contributed by atoms with Crippen LogP contribution in [-0.2, 0) is 11.2 Å². The first-order valence-corrected chi connectivity index (χ1v) is 8.48. The van der Waals surface area contributed by atoms with Crippen LogP contribution in [0.25, 0.3) is 0 Å². The molecule has 3 rings (SSSR count). The molecule has 0 aromatic heterocycles. The van der Waals surface area contributed by atoms with Crippen LogP contribution >= 0.6 is 0 Å². The van der Waals surface area contributed by atoms with Crippen molar-refractivity contribution in [1.82, 2.24) is 0 Å². The lowest BCUT2D eigenvalue weighted by Gasteiger charge is -2.27. The number of ketones is 1. The van der Waals surface area contributed by atoms with Gasteiger partial charge in [-0.2, -0.15) is 0 Å². The van der Waals surface area contributed by atoms with Crippen LogP contribution in [0, 0.1) is 5.92 Å². The monoisotopic (exact) mass is 324 g/mol. The molecule has 0 heterocycles. The minimum atomic E-state index is 0.0275. The Bertz CT molecular complexity index is 734. The highest BCUT2D eigenvalue weighted by Crippen LogP contribution is 2.40. The largest absolute Gasteiger partial charge is 0.497 e. The van der Waals surface area contributed by atoms with Crippen molar-refractivity contribution >= 4 is 5.78 Å². The van der Waals surface area contributed by atoms with Crippen LogP contribution in [-0.4, -0.2) is 19.5 Å². The lowest BCUT2D eigenvalue weighted by Crippen LogP contribution is -2.20. The summed E-state index contributed by atoms with van der Waals surface area (Å²) in [7, 11) is 1.67. The zero-order valence-corrected chi connectivity index (χ0v) is 14.5. The number of rotatable bonds is 5. The molecule has 0 aliphatic heterocycles. The third-order valence-electron chi connectivity index (χ3n) is 4.41. The van der Waals surface area contributed by atoms with E-state index in [1.165, 1.54) is 5.56 Å². The summed E-state index contributed by atoms with van der Waals surface area (Å²) in [6.45, 7) is 4.93. The normalized spacial score (nSPS) is 16.8. The van der Waals surface area contributed by atoms with E-state index in [9.17, 15) is 4.79 Å². The van der Waals surface area contributed by atoms with Crippen LogP contribution in [0.15, 0.2) is 42.5 Å². The molecule has 1 aliphatic rings. The van der Waals surface area contributed by atoms with Gasteiger partial charge in [-0.05, 0) is 35.2 Å². The van der Waals surface area contributed by atoms with Crippen molar-refractivity contribution < 1.29 is 14.3 Å². The van der Waals surface area contributed by atoms with E-state index < -0.39 is 0 Å². The number of hydrogen-bond acceptors (Lipinski definition) is 3. The van der Waals surface area contributed by atoms with Gasteiger partial charge in [0.25, 0.3) is 0 Å². The van der Waals surface area contributed by atoms with Gasteiger partial charge >= 0.3 is 0 Å². The van der Waals surface area contributed by atoms with Crippen molar-refractivity contribution in [2.75, 3.05) is 13.7 Å². The SMILES string of the molecule is COc1ccc2c(c1)C(c1ccccc1OCC(C)C)CC(=O)C2. The van der Waals surface area contributed by atoms with Gasteiger partial charge in [-0.25, -0.2) is 0 Å². The fourth-order valence-electron chi connectivity index (χ4n) is 3.24. The predicted molar refractivity (Wildman–Crippen MR) is 94.9 cm³/mol. The first kappa shape index (κ1) is 16.6. The molecule has 24 heavy (non-hydrogen) atoms. The summed E-state index contributed by atoms with van der Waals surface area (Å²) >= 11 is 0. The summed E-state index contributed by atoms with van der Waals surface area (Å²) in [5.74, 6) is 2.46. The first-order valence-electron chi connectivity index (χ1n) is 8.48. The van der Waals surface area contributed by atoms with Gasteiger partial charge in [0.15, 0.2) is 0 Å². The van der Waals surface area contributed by atoms with E-state index in [1.807, 2.05) is 30.3 Å². The second-order valence-electron chi connectivity index (χ2n) is 6.78. The molecule has 2 aromatic carbocycles. The van der Waals surface area contributed by atoms with E-state index >= 15 is 0 Å². The summed E-state index contributed by atoms with van der Waals surface area (Å²) in [5.41, 5.74) is 3.35. The highest BCUT2D eigenvalue weighted by atomic mass is 16.5. The molecule has 126 valence electrons. The van der Waals surface area contributed by atoms with E-state index in [0.717, 1.165) is 22.6 Å². The van der Waals surface area contributed by atoms with Crippen molar-refractivity contribution in [3.8, 4) is 11.5 Å². The van der Waals surface area contributed by atoms with Crippen LogP contribution in [0.2, 0.25) is 0 Å². The summed E-state index contributed by atoms with van der Waals surface area (Å²) in [5, 5.41) is 0. The molecule has 0 radical (unpaired) electrons. The molecule has 0 amide bonds. The van der Waals surface area contributed by atoms with E-state index in [2.05, 4.69) is 26.0 Å². The molecule has 1 atom stereocenters. The molecule has 2 aromatic rings. The first-order chi connectivity index (χ1) is 11.6. The van der Waals surface area contributed by atoms with Crippen molar-refractivity contribution in [2.45, 2.75) is 32.6 Å². The van der Waals surface area contributed by atoms with Gasteiger partial charge in [0.2, 0.25) is 0 Å². The molecule has 3 nitrogen and oxygen atoms in total. The Hall–Kier alpha value is -2.29. The Morgan fingerprint density at radius 2 is 1.92 bits per heavy atom. The van der Waals surface area contributed by atoms with Crippen LogP contribution < -0.4 is 9.47 Å². The quantitative estimate of drug-likeness (QED) is 0.819. The number of ether oxygens (including phenoxy) is 2. The maximum absolute atomic E-state index is 12.3. The third kappa shape index (κ3) is 3.45. The fourth-order valence-corrected chi connectivity index (χ4v) is 3.24. The Balaban J connectivity index is 2.02. The number of carbonyl (C=O) groups excluding carboxylic acids is 1. The third-order valence-corrected chi connectivity index (χ3v) is 4.41. The summed E-state index contributed by atoms with van der Waals surface area (Å²) in [6, 6.07) is 14.1. The maximum Gasteiger partial charge on any atom is 0.138 e. The fraction of sp³-hybridized carbons (Fsp3) is 0.381. The Kier molecular flexibility index (Phi) is 4.89. The van der Waals surface area contributed by atoms with Gasteiger partial charge in [-0.1, -0.05) is 38.1 Å². The molecule has 0 bridgehead atoms. The summed E-state index contributed by atoms with van der Waals surface area (Å²) in [4.78, 5) is 12.3. The van der Waals surface area contributed by atoms with E-state index in [-0.39, 0.29) is 11.7 Å². The van der Waals surface area contributed by atoms with E-state index in [1.54, 1.807) is 7.11 Å². The molecule has 3 heteroatoms. The molecule has 0 fully saturated rings. The van der Waals surface area contributed by atoms with Crippen LogP contribution in [0.3, 0.4) is 0 Å². The number of methoxy groups -OCH3 is 1. The van der Waals surface area contributed by atoms with Crippen molar-refractivity contribution in [2.24, 2.45) is 5.92 Å². The van der Waals surface area contributed by atoms with Crippen LogP contribution in [0.1, 0.15) is 42.9 Å². The van der Waals surface area contributed by atoms with E-state index in [0.29, 0.717) is 25.4 Å². The van der Waals surface area contributed by atoms with Gasteiger partial charge in [0.05, 0.1) is 13.7 Å². The van der Waals surface area contributed by atoms with Crippen molar-refractivity contribution in [3.63, 3.8) is 0 Å². The number of carbonyl (C=O) groups is 1. The maximum atomic E-state index is 12.3.